The van der Waals surface area contributed by atoms with Gasteiger partial charge in [0.15, 0.2) is 0 Å². The predicted octanol–water partition coefficient (Wildman–Crippen LogP) is 3.93. The first-order valence-electron chi connectivity index (χ1n) is 7.37. The molecule has 2 rings (SSSR count). The number of rotatable bonds is 5. The van der Waals surface area contributed by atoms with Gasteiger partial charge in [0.2, 0.25) is 0 Å². The number of nitrogens with zero attached hydrogens (tertiary/aromatic N) is 1. The zero-order chi connectivity index (χ0) is 13.0. The van der Waals surface area contributed by atoms with Crippen LogP contribution in [0.1, 0.15) is 62.0 Å². The third-order valence-corrected chi connectivity index (χ3v) is 4.00. The smallest absolute Gasteiger partial charge is 0.0379 e. The molecular formula is C16H26N2. The van der Waals surface area contributed by atoms with Crippen LogP contribution in [-0.4, -0.2) is 11.5 Å². The lowest BCUT2D eigenvalue weighted by atomic mass is 9.93. The third kappa shape index (κ3) is 3.55. The average molecular weight is 246 g/mol. The van der Waals surface area contributed by atoms with E-state index in [1.807, 2.05) is 0 Å². The summed E-state index contributed by atoms with van der Waals surface area (Å²) in [4.78, 5) is 4.48. The van der Waals surface area contributed by atoms with Crippen LogP contribution in [-0.2, 0) is 0 Å². The van der Waals surface area contributed by atoms with Crippen molar-refractivity contribution in [2.45, 2.75) is 58.9 Å². The van der Waals surface area contributed by atoms with Crippen LogP contribution in [0.3, 0.4) is 0 Å². The molecule has 0 aromatic carbocycles. The van der Waals surface area contributed by atoms with Gasteiger partial charge in [-0.15, -0.1) is 0 Å². The Morgan fingerprint density at radius 2 is 1.83 bits per heavy atom. The quantitative estimate of drug-likeness (QED) is 0.851. The van der Waals surface area contributed by atoms with E-state index in [4.69, 9.17) is 0 Å². The van der Waals surface area contributed by atoms with Crippen LogP contribution < -0.4 is 5.32 Å². The van der Waals surface area contributed by atoms with E-state index in [0.717, 1.165) is 23.9 Å². The lowest BCUT2D eigenvalue weighted by molar-refractivity contribution is 0.400. The number of nitrogens with one attached hydrogen (secondary N) is 1. The van der Waals surface area contributed by atoms with Crippen LogP contribution in [0, 0.1) is 19.8 Å². The maximum Gasteiger partial charge on any atom is 0.0379 e. The molecule has 1 fully saturated rings. The molecule has 0 spiro atoms. The van der Waals surface area contributed by atoms with Crippen LogP contribution in [0.4, 0.5) is 0 Å². The summed E-state index contributed by atoms with van der Waals surface area (Å²) in [5.74, 6) is 0.919. The van der Waals surface area contributed by atoms with E-state index >= 15 is 0 Å². The van der Waals surface area contributed by atoms with Gasteiger partial charge in [-0.2, -0.15) is 0 Å². The fourth-order valence-corrected chi connectivity index (χ4v) is 3.23. The van der Waals surface area contributed by atoms with Crippen molar-refractivity contribution in [2.75, 3.05) is 6.54 Å². The molecule has 1 atom stereocenters. The van der Waals surface area contributed by atoms with E-state index in [9.17, 15) is 0 Å². The van der Waals surface area contributed by atoms with Crippen LogP contribution >= 0.6 is 0 Å². The summed E-state index contributed by atoms with van der Waals surface area (Å²) in [6.07, 6.45) is 6.99. The number of pyridine rings is 1. The molecule has 1 unspecified atom stereocenters. The summed E-state index contributed by atoms with van der Waals surface area (Å²) in [5.41, 5.74) is 3.70. The van der Waals surface area contributed by atoms with Crippen molar-refractivity contribution in [2.24, 2.45) is 5.92 Å². The molecule has 2 nitrogen and oxygen atoms in total. The summed E-state index contributed by atoms with van der Waals surface area (Å²) >= 11 is 0. The average Bonchev–Trinajstić information content (AvgIpc) is 2.80. The summed E-state index contributed by atoms with van der Waals surface area (Å²) in [5, 5.41) is 3.65. The molecule has 100 valence electrons. The van der Waals surface area contributed by atoms with Crippen molar-refractivity contribution in [3.8, 4) is 0 Å². The van der Waals surface area contributed by atoms with Crippen molar-refractivity contribution >= 4 is 0 Å². The van der Waals surface area contributed by atoms with E-state index in [1.165, 1.54) is 37.7 Å². The van der Waals surface area contributed by atoms with Gasteiger partial charge in [0.05, 0.1) is 0 Å². The molecule has 0 radical (unpaired) electrons. The van der Waals surface area contributed by atoms with Gasteiger partial charge in [-0.3, -0.25) is 4.98 Å². The number of aromatic nitrogens is 1. The Hall–Kier alpha value is -0.890. The largest absolute Gasteiger partial charge is 0.310 e. The molecule has 1 aromatic heterocycles. The molecule has 0 bridgehead atoms. The highest BCUT2D eigenvalue weighted by molar-refractivity contribution is 5.23. The molecule has 1 aliphatic rings. The lowest BCUT2D eigenvalue weighted by Gasteiger charge is -2.22. The van der Waals surface area contributed by atoms with Gasteiger partial charge in [-0.25, -0.2) is 0 Å². The van der Waals surface area contributed by atoms with Crippen molar-refractivity contribution in [1.82, 2.24) is 10.3 Å². The maximum atomic E-state index is 4.48. The fraction of sp³-hybridized carbons (Fsp3) is 0.688. The summed E-state index contributed by atoms with van der Waals surface area (Å²) in [7, 11) is 0. The Morgan fingerprint density at radius 1 is 1.22 bits per heavy atom. The summed E-state index contributed by atoms with van der Waals surface area (Å²) in [6.45, 7) is 7.42. The molecule has 1 N–H and O–H groups in total. The van der Waals surface area contributed by atoms with Crippen LogP contribution in [0.2, 0.25) is 0 Å². The first-order chi connectivity index (χ1) is 8.69. The second-order valence-electron chi connectivity index (χ2n) is 5.68. The first-order valence-corrected chi connectivity index (χ1v) is 7.37. The highest BCUT2D eigenvalue weighted by Gasteiger charge is 2.21. The number of aryl methyl sites for hydroxylation is 2. The molecule has 1 aliphatic carbocycles. The number of hydrogen-bond acceptors (Lipinski definition) is 2. The van der Waals surface area contributed by atoms with Crippen LogP contribution in [0.15, 0.2) is 12.1 Å². The minimum absolute atomic E-state index is 0.512. The summed E-state index contributed by atoms with van der Waals surface area (Å²) in [6, 6.07) is 5.00. The van der Waals surface area contributed by atoms with Crippen molar-refractivity contribution in [3.05, 3.63) is 29.1 Å². The minimum Gasteiger partial charge on any atom is -0.310 e. The van der Waals surface area contributed by atoms with Crippen molar-refractivity contribution < 1.29 is 0 Å². The molecular weight excluding hydrogens is 220 g/mol. The highest BCUT2D eigenvalue weighted by Crippen LogP contribution is 2.33. The first kappa shape index (κ1) is 13.5. The molecule has 0 amide bonds. The normalized spacial score (nSPS) is 18.2. The van der Waals surface area contributed by atoms with Crippen molar-refractivity contribution in [1.29, 1.82) is 0 Å². The van der Waals surface area contributed by atoms with E-state index in [0.29, 0.717) is 6.04 Å². The van der Waals surface area contributed by atoms with Crippen LogP contribution in [0.5, 0.6) is 0 Å². The molecule has 1 aromatic rings. The van der Waals surface area contributed by atoms with Crippen LogP contribution in [0.25, 0.3) is 0 Å². The Kier molecular flexibility index (Phi) is 4.76. The molecule has 2 heteroatoms. The van der Waals surface area contributed by atoms with E-state index in [1.54, 1.807) is 0 Å². The van der Waals surface area contributed by atoms with Gasteiger partial charge in [-0.1, -0.05) is 32.6 Å². The molecule has 0 saturated heterocycles. The van der Waals surface area contributed by atoms with Gasteiger partial charge < -0.3 is 5.32 Å². The standard InChI is InChI=1S/C16H26N2/c1-4-17-16(11-14-7-5-6-8-14)15-9-12(2)18-13(3)10-15/h9-10,14,16-17H,4-8,11H2,1-3H3. The van der Waals surface area contributed by atoms with Gasteiger partial charge in [0, 0.05) is 17.4 Å². The lowest BCUT2D eigenvalue weighted by Crippen LogP contribution is -2.23. The second-order valence-corrected chi connectivity index (χ2v) is 5.68. The Bertz CT molecular complexity index is 360. The maximum absolute atomic E-state index is 4.48. The molecule has 0 aliphatic heterocycles. The van der Waals surface area contributed by atoms with Gasteiger partial charge in [0.25, 0.3) is 0 Å². The van der Waals surface area contributed by atoms with Gasteiger partial charge in [-0.05, 0) is 50.4 Å². The van der Waals surface area contributed by atoms with Gasteiger partial charge in [0.1, 0.15) is 0 Å². The molecule has 1 saturated carbocycles. The zero-order valence-corrected chi connectivity index (χ0v) is 12.0. The minimum atomic E-state index is 0.512. The second kappa shape index (κ2) is 6.33. The third-order valence-electron chi connectivity index (χ3n) is 4.00. The Labute approximate surface area is 111 Å². The monoisotopic (exact) mass is 246 g/mol. The fourth-order valence-electron chi connectivity index (χ4n) is 3.23. The Balaban J connectivity index is 2.11. The Morgan fingerprint density at radius 3 is 2.39 bits per heavy atom. The highest BCUT2D eigenvalue weighted by atomic mass is 14.9. The topological polar surface area (TPSA) is 24.9 Å². The van der Waals surface area contributed by atoms with E-state index < -0.39 is 0 Å². The SMILES string of the molecule is CCNC(CC1CCCC1)c1cc(C)nc(C)c1. The molecule has 18 heavy (non-hydrogen) atoms. The molecule has 1 heterocycles. The van der Waals surface area contributed by atoms with E-state index in [2.05, 4.69) is 43.2 Å². The predicted molar refractivity (Wildman–Crippen MR) is 76.7 cm³/mol. The van der Waals surface area contributed by atoms with Crippen molar-refractivity contribution in [3.63, 3.8) is 0 Å². The summed E-state index contributed by atoms with van der Waals surface area (Å²) < 4.78 is 0. The van der Waals surface area contributed by atoms with Gasteiger partial charge >= 0.3 is 0 Å². The zero-order valence-electron chi connectivity index (χ0n) is 12.0. The number of hydrogen-bond donors (Lipinski definition) is 1. The van der Waals surface area contributed by atoms with E-state index in [-0.39, 0.29) is 0 Å².